The predicted octanol–water partition coefficient (Wildman–Crippen LogP) is 1.09. The molecule has 1 atom stereocenters. The third kappa shape index (κ3) is 5.60. The Balaban J connectivity index is 1.86. The molecule has 0 radical (unpaired) electrons. The summed E-state index contributed by atoms with van der Waals surface area (Å²) in [5.74, 6) is -0.323. The van der Waals surface area contributed by atoms with Crippen molar-refractivity contribution < 1.29 is 9.90 Å². The molecule has 0 bridgehead atoms. The maximum Gasteiger partial charge on any atom is 0.231 e. The molecule has 0 saturated carbocycles. The first kappa shape index (κ1) is 18.4. The summed E-state index contributed by atoms with van der Waals surface area (Å²) >= 11 is 0. The van der Waals surface area contributed by atoms with Crippen LogP contribution in [0.25, 0.3) is 10.8 Å². The van der Waals surface area contributed by atoms with Crippen molar-refractivity contribution in [2.45, 2.75) is 12.5 Å². The number of carbonyl (C=O) groups is 1. The van der Waals surface area contributed by atoms with Gasteiger partial charge in [-0.15, -0.1) is 0 Å². The summed E-state index contributed by atoms with van der Waals surface area (Å²) in [4.78, 5) is 14.8. The Hall–Kier alpha value is -1.95. The third-order valence-corrected chi connectivity index (χ3v) is 4.15. The molecule has 1 unspecified atom stereocenters. The zero-order valence-electron chi connectivity index (χ0n) is 14.5. The first-order valence-corrected chi connectivity index (χ1v) is 8.26. The van der Waals surface area contributed by atoms with Gasteiger partial charge in [-0.2, -0.15) is 0 Å². The van der Waals surface area contributed by atoms with Crippen LogP contribution < -0.4 is 5.73 Å². The van der Waals surface area contributed by atoms with E-state index in [1.54, 1.807) is 0 Å². The summed E-state index contributed by atoms with van der Waals surface area (Å²) in [5, 5.41) is 12.8. The lowest BCUT2D eigenvalue weighted by atomic mass is 10.00. The van der Waals surface area contributed by atoms with Gasteiger partial charge in [0, 0.05) is 26.1 Å². The maximum absolute atomic E-state index is 10.9. The SMILES string of the molecule is CN(CCN(C)CC(O)Cc1cccc2ccccc12)CC(N)=O. The third-order valence-electron chi connectivity index (χ3n) is 4.15. The fourth-order valence-corrected chi connectivity index (χ4v) is 2.93. The molecule has 2 aromatic rings. The number of aliphatic hydroxyl groups is 1. The number of rotatable bonds is 9. The first-order chi connectivity index (χ1) is 11.5. The lowest BCUT2D eigenvalue weighted by Crippen LogP contribution is -2.38. The standard InChI is InChI=1S/C19H27N3O2/c1-21(10-11-22(2)14-19(20)24)13-17(23)12-16-8-5-7-15-6-3-4-9-18(15)16/h3-9,17,23H,10-14H2,1-2H3,(H2,20,24). The van der Waals surface area contributed by atoms with E-state index in [4.69, 9.17) is 5.73 Å². The highest BCUT2D eigenvalue weighted by Crippen LogP contribution is 2.19. The highest BCUT2D eigenvalue weighted by Gasteiger charge is 2.12. The zero-order valence-corrected chi connectivity index (χ0v) is 14.5. The molecule has 130 valence electrons. The molecule has 0 fully saturated rings. The quantitative estimate of drug-likeness (QED) is 0.723. The largest absolute Gasteiger partial charge is 0.391 e. The average molecular weight is 329 g/mol. The molecule has 0 saturated heterocycles. The summed E-state index contributed by atoms with van der Waals surface area (Å²) < 4.78 is 0. The first-order valence-electron chi connectivity index (χ1n) is 8.26. The van der Waals surface area contributed by atoms with Gasteiger partial charge in [-0.05, 0) is 30.4 Å². The van der Waals surface area contributed by atoms with Gasteiger partial charge < -0.3 is 15.7 Å². The van der Waals surface area contributed by atoms with Gasteiger partial charge >= 0.3 is 0 Å². The molecule has 2 rings (SSSR count). The van der Waals surface area contributed by atoms with Crippen molar-refractivity contribution in [3.8, 4) is 0 Å². The van der Waals surface area contributed by atoms with Gasteiger partial charge in [0.15, 0.2) is 0 Å². The summed E-state index contributed by atoms with van der Waals surface area (Å²) in [5.41, 5.74) is 6.34. The zero-order chi connectivity index (χ0) is 17.5. The molecule has 0 aliphatic heterocycles. The van der Waals surface area contributed by atoms with Crippen LogP contribution in [-0.4, -0.2) is 67.2 Å². The minimum Gasteiger partial charge on any atom is -0.391 e. The van der Waals surface area contributed by atoms with Crippen molar-refractivity contribution >= 4 is 16.7 Å². The number of nitrogens with zero attached hydrogens (tertiary/aromatic N) is 2. The van der Waals surface area contributed by atoms with E-state index in [9.17, 15) is 9.90 Å². The van der Waals surface area contributed by atoms with E-state index in [0.717, 1.165) is 13.1 Å². The molecular weight excluding hydrogens is 302 g/mol. The van der Waals surface area contributed by atoms with Crippen molar-refractivity contribution in [3.05, 3.63) is 48.0 Å². The van der Waals surface area contributed by atoms with E-state index < -0.39 is 6.10 Å². The average Bonchev–Trinajstić information content (AvgIpc) is 2.52. The second kappa shape index (κ2) is 8.78. The summed E-state index contributed by atoms with van der Waals surface area (Å²) in [6.07, 6.45) is 0.199. The molecular formula is C19H27N3O2. The second-order valence-corrected chi connectivity index (χ2v) is 6.46. The molecule has 0 aliphatic carbocycles. The molecule has 0 aliphatic rings. The molecule has 24 heavy (non-hydrogen) atoms. The number of carbonyl (C=O) groups excluding carboxylic acids is 1. The second-order valence-electron chi connectivity index (χ2n) is 6.46. The maximum atomic E-state index is 10.9. The Morgan fingerprint density at radius 1 is 1.08 bits per heavy atom. The molecule has 0 heterocycles. The number of likely N-dealkylation sites (N-methyl/N-ethyl adjacent to an activating group) is 2. The Morgan fingerprint density at radius 2 is 1.75 bits per heavy atom. The molecule has 0 spiro atoms. The summed E-state index contributed by atoms with van der Waals surface area (Å²) in [6.45, 7) is 2.36. The molecule has 2 aromatic carbocycles. The van der Waals surface area contributed by atoms with Crippen molar-refractivity contribution in [2.75, 3.05) is 40.3 Å². The van der Waals surface area contributed by atoms with Gasteiger partial charge in [-0.25, -0.2) is 0 Å². The minimum atomic E-state index is -0.428. The van der Waals surface area contributed by atoms with Gasteiger partial charge in [0.2, 0.25) is 5.91 Å². The molecule has 5 heteroatoms. The van der Waals surface area contributed by atoms with E-state index >= 15 is 0 Å². The summed E-state index contributed by atoms with van der Waals surface area (Å²) in [7, 11) is 3.84. The van der Waals surface area contributed by atoms with Crippen LogP contribution in [-0.2, 0) is 11.2 Å². The van der Waals surface area contributed by atoms with Crippen LogP contribution >= 0.6 is 0 Å². The van der Waals surface area contributed by atoms with Crippen LogP contribution in [0.1, 0.15) is 5.56 Å². The summed E-state index contributed by atoms with van der Waals surface area (Å²) in [6, 6.07) is 14.4. The molecule has 3 N–H and O–H groups in total. The van der Waals surface area contributed by atoms with E-state index in [1.165, 1.54) is 16.3 Å². The Labute approximate surface area is 143 Å². The number of fused-ring (bicyclic) bond motifs is 1. The van der Waals surface area contributed by atoms with Gasteiger partial charge in [-0.3, -0.25) is 9.69 Å². The van der Waals surface area contributed by atoms with Crippen molar-refractivity contribution in [1.82, 2.24) is 9.80 Å². The monoisotopic (exact) mass is 329 g/mol. The Morgan fingerprint density at radius 3 is 2.50 bits per heavy atom. The fraction of sp³-hybridized carbons (Fsp3) is 0.421. The highest BCUT2D eigenvalue weighted by molar-refractivity contribution is 5.85. The van der Waals surface area contributed by atoms with E-state index in [0.29, 0.717) is 13.0 Å². The Bertz CT molecular complexity index is 669. The number of nitrogens with two attached hydrogens (primary N) is 1. The van der Waals surface area contributed by atoms with E-state index in [2.05, 4.69) is 29.2 Å². The van der Waals surface area contributed by atoms with Crippen LogP contribution in [0.3, 0.4) is 0 Å². The lowest BCUT2D eigenvalue weighted by molar-refractivity contribution is -0.118. The van der Waals surface area contributed by atoms with E-state index in [-0.39, 0.29) is 12.5 Å². The Kier molecular flexibility index (Phi) is 6.73. The van der Waals surface area contributed by atoms with Crippen LogP contribution in [0.2, 0.25) is 0 Å². The van der Waals surface area contributed by atoms with Crippen molar-refractivity contribution in [1.29, 1.82) is 0 Å². The normalized spacial score (nSPS) is 12.9. The minimum absolute atomic E-state index is 0.256. The number of aliphatic hydroxyl groups excluding tert-OH is 1. The smallest absolute Gasteiger partial charge is 0.231 e. The van der Waals surface area contributed by atoms with Crippen LogP contribution in [0, 0.1) is 0 Å². The van der Waals surface area contributed by atoms with Crippen LogP contribution in [0.5, 0.6) is 0 Å². The lowest BCUT2D eigenvalue weighted by Gasteiger charge is -2.23. The molecule has 1 amide bonds. The number of hydrogen-bond donors (Lipinski definition) is 2. The van der Waals surface area contributed by atoms with Gasteiger partial charge in [0.25, 0.3) is 0 Å². The van der Waals surface area contributed by atoms with Crippen molar-refractivity contribution in [2.24, 2.45) is 5.73 Å². The van der Waals surface area contributed by atoms with Gasteiger partial charge in [-0.1, -0.05) is 42.5 Å². The number of primary amides is 1. The molecule has 5 nitrogen and oxygen atoms in total. The van der Waals surface area contributed by atoms with Crippen LogP contribution in [0.15, 0.2) is 42.5 Å². The van der Waals surface area contributed by atoms with E-state index in [1.807, 2.05) is 37.2 Å². The van der Waals surface area contributed by atoms with Gasteiger partial charge in [0.05, 0.1) is 12.6 Å². The fourth-order valence-electron chi connectivity index (χ4n) is 2.93. The van der Waals surface area contributed by atoms with Crippen molar-refractivity contribution in [3.63, 3.8) is 0 Å². The molecule has 0 aromatic heterocycles. The van der Waals surface area contributed by atoms with Crippen LogP contribution in [0.4, 0.5) is 0 Å². The number of benzene rings is 2. The predicted molar refractivity (Wildman–Crippen MR) is 97.8 cm³/mol. The number of hydrogen-bond acceptors (Lipinski definition) is 4. The topological polar surface area (TPSA) is 69.8 Å². The number of amides is 1. The van der Waals surface area contributed by atoms with Gasteiger partial charge in [0.1, 0.15) is 0 Å². The highest BCUT2D eigenvalue weighted by atomic mass is 16.3.